The number of carbonyl (C=O) groups excluding carboxylic acids is 1. The summed E-state index contributed by atoms with van der Waals surface area (Å²) in [6.07, 6.45) is 0.908. The van der Waals surface area contributed by atoms with E-state index in [1.54, 1.807) is 7.05 Å². The summed E-state index contributed by atoms with van der Waals surface area (Å²) in [5.74, 6) is -4.79. The van der Waals surface area contributed by atoms with Crippen molar-refractivity contribution in [3.8, 4) is 0 Å². The van der Waals surface area contributed by atoms with Crippen molar-refractivity contribution < 1.29 is 22.4 Å². The molecule has 0 saturated heterocycles. The highest BCUT2D eigenvalue weighted by Crippen LogP contribution is 2.30. The van der Waals surface area contributed by atoms with Crippen LogP contribution in [0.5, 0.6) is 0 Å². The fourth-order valence-electron chi connectivity index (χ4n) is 2.41. The van der Waals surface area contributed by atoms with E-state index in [2.05, 4.69) is 5.32 Å². The van der Waals surface area contributed by atoms with Gasteiger partial charge in [-0.1, -0.05) is 19.3 Å². The lowest BCUT2D eigenvalue weighted by Crippen LogP contribution is -2.50. The van der Waals surface area contributed by atoms with Gasteiger partial charge in [0.15, 0.2) is 0 Å². The van der Waals surface area contributed by atoms with Gasteiger partial charge in [0.1, 0.15) is 0 Å². The summed E-state index contributed by atoms with van der Waals surface area (Å²) in [4.78, 5) is 11.6. The summed E-state index contributed by atoms with van der Waals surface area (Å²) in [7, 11) is 1.73. The van der Waals surface area contributed by atoms with E-state index in [1.807, 2.05) is 5.32 Å². The van der Waals surface area contributed by atoms with Crippen molar-refractivity contribution in [2.75, 3.05) is 13.6 Å². The molecule has 0 spiro atoms. The molecule has 1 saturated carbocycles. The van der Waals surface area contributed by atoms with Crippen LogP contribution in [0.25, 0.3) is 0 Å². The molecule has 0 aromatic rings. The van der Waals surface area contributed by atoms with Gasteiger partial charge in [-0.3, -0.25) is 4.79 Å². The summed E-state index contributed by atoms with van der Waals surface area (Å²) in [6, 6.07) is 0. The highest BCUT2D eigenvalue weighted by Gasteiger charge is 2.41. The van der Waals surface area contributed by atoms with E-state index < -0.39 is 24.8 Å². The van der Waals surface area contributed by atoms with E-state index in [-0.39, 0.29) is 12.0 Å². The second kappa shape index (κ2) is 6.54. The lowest BCUT2D eigenvalue weighted by Gasteiger charge is -2.36. The van der Waals surface area contributed by atoms with Gasteiger partial charge in [0.25, 0.3) is 0 Å². The largest absolute Gasteiger partial charge is 0.350 e. The molecular formula is C12H20F4N2O. The smallest absolute Gasteiger partial charge is 0.324 e. The number of hydrogen-bond donors (Lipinski definition) is 2. The lowest BCUT2D eigenvalue weighted by atomic mass is 9.79. The van der Waals surface area contributed by atoms with Crippen LogP contribution in [0.15, 0.2) is 0 Å². The normalized spacial score (nSPS) is 19.5. The van der Waals surface area contributed by atoms with E-state index in [9.17, 15) is 22.4 Å². The highest BCUT2D eigenvalue weighted by atomic mass is 19.3. The molecular weight excluding hydrogens is 264 g/mol. The first-order chi connectivity index (χ1) is 8.81. The van der Waals surface area contributed by atoms with Gasteiger partial charge >= 0.3 is 12.3 Å². The predicted molar refractivity (Wildman–Crippen MR) is 63.5 cm³/mol. The Hall–Kier alpha value is -0.850. The van der Waals surface area contributed by atoms with Gasteiger partial charge in [-0.05, 0) is 19.9 Å². The van der Waals surface area contributed by atoms with Gasteiger partial charge in [0.05, 0.1) is 6.54 Å². The maximum absolute atomic E-state index is 12.7. The van der Waals surface area contributed by atoms with Crippen molar-refractivity contribution in [2.24, 2.45) is 0 Å². The number of carbonyl (C=O) groups is 1. The molecule has 7 heteroatoms. The number of hydrogen-bond acceptors (Lipinski definition) is 2. The van der Waals surface area contributed by atoms with Crippen LogP contribution in [-0.4, -0.2) is 37.4 Å². The van der Waals surface area contributed by atoms with Crippen molar-refractivity contribution in [3.63, 3.8) is 0 Å². The van der Waals surface area contributed by atoms with Crippen LogP contribution in [0, 0.1) is 0 Å². The van der Waals surface area contributed by atoms with E-state index >= 15 is 0 Å². The monoisotopic (exact) mass is 284 g/mol. The van der Waals surface area contributed by atoms with Gasteiger partial charge in [-0.25, -0.2) is 8.78 Å². The van der Waals surface area contributed by atoms with Gasteiger partial charge < -0.3 is 10.6 Å². The third-order valence-corrected chi connectivity index (χ3v) is 3.68. The Kier molecular flexibility index (Phi) is 5.58. The molecule has 1 fully saturated rings. The topological polar surface area (TPSA) is 41.1 Å². The summed E-state index contributed by atoms with van der Waals surface area (Å²) < 4.78 is 49.3. The quantitative estimate of drug-likeness (QED) is 0.735. The second-order valence-corrected chi connectivity index (χ2v) is 5.11. The Morgan fingerprint density at radius 2 is 1.84 bits per heavy atom. The van der Waals surface area contributed by atoms with Crippen molar-refractivity contribution in [1.29, 1.82) is 0 Å². The molecule has 0 aliphatic heterocycles. The van der Waals surface area contributed by atoms with Crippen molar-refractivity contribution in [3.05, 3.63) is 0 Å². The Morgan fingerprint density at radius 1 is 1.26 bits per heavy atom. The zero-order chi connectivity index (χ0) is 14.5. The van der Waals surface area contributed by atoms with Crippen LogP contribution in [0.2, 0.25) is 0 Å². The first kappa shape index (κ1) is 16.2. The zero-order valence-corrected chi connectivity index (χ0v) is 10.9. The van der Waals surface area contributed by atoms with Crippen LogP contribution < -0.4 is 10.6 Å². The molecule has 0 radical (unpaired) electrons. The molecule has 3 nitrogen and oxygen atoms in total. The molecule has 1 aliphatic rings. The van der Waals surface area contributed by atoms with Crippen molar-refractivity contribution >= 4 is 5.91 Å². The number of nitrogens with one attached hydrogen (secondary N) is 2. The maximum Gasteiger partial charge on any atom is 0.324 e. The SMILES string of the molecule is CNC1(CC(=O)NCC(F)(F)C(F)F)CCCCC1. The highest BCUT2D eigenvalue weighted by molar-refractivity contribution is 5.77. The molecule has 0 heterocycles. The number of rotatable bonds is 6. The molecule has 19 heavy (non-hydrogen) atoms. The third kappa shape index (κ3) is 4.63. The molecule has 112 valence electrons. The summed E-state index contributed by atoms with van der Waals surface area (Å²) >= 11 is 0. The van der Waals surface area contributed by atoms with E-state index in [1.165, 1.54) is 0 Å². The van der Waals surface area contributed by atoms with E-state index in [0.717, 1.165) is 32.1 Å². The Balaban J connectivity index is 2.46. The minimum absolute atomic E-state index is 0.0445. The van der Waals surface area contributed by atoms with Crippen molar-refractivity contribution in [1.82, 2.24) is 10.6 Å². The molecule has 0 atom stereocenters. The molecule has 2 N–H and O–H groups in total. The lowest BCUT2D eigenvalue weighted by molar-refractivity contribution is -0.137. The van der Waals surface area contributed by atoms with Crippen LogP contribution in [0.4, 0.5) is 17.6 Å². The molecule has 0 aromatic heterocycles. The first-order valence-corrected chi connectivity index (χ1v) is 6.43. The third-order valence-electron chi connectivity index (χ3n) is 3.68. The standard InChI is InChI=1S/C12H20F4N2O/c1-17-11(5-3-2-4-6-11)7-9(19)18-8-12(15,16)10(13)14/h10,17H,2-8H2,1H3,(H,18,19). The fraction of sp³-hybridized carbons (Fsp3) is 0.917. The van der Waals surface area contributed by atoms with Gasteiger partial charge in [0.2, 0.25) is 5.91 Å². The van der Waals surface area contributed by atoms with E-state index in [0.29, 0.717) is 0 Å². The Bertz CT molecular complexity index is 304. The summed E-state index contributed by atoms with van der Waals surface area (Å²) in [5, 5.41) is 4.97. The van der Waals surface area contributed by atoms with Crippen LogP contribution in [-0.2, 0) is 4.79 Å². The van der Waals surface area contributed by atoms with E-state index in [4.69, 9.17) is 0 Å². The molecule has 1 aliphatic carbocycles. The minimum atomic E-state index is -4.17. The Labute approximate surface area is 110 Å². The van der Waals surface area contributed by atoms with Gasteiger partial charge in [-0.15, -0.1) is 0 Å². The first-order valence-electron chi connectivity index (χ1n) is 6.43. The molecule has 1 amide bonds. The van der Waals surface area contributed by atoms with Crippen molar-refractivity contribution in [2.45, 2.75) is 56.4 Å². The average Bonchev–Trinajstić information content (AvgIpc) is 2.37. The second-order valence-electron chi connectivity index (χ2n) is 5.11. The molecule has 1 rings (SSSR count). The minimum Gasteiger partial charge on any atom is -0.350 e. The fourth-order valence-corrected chi connectivity index (χ4v) is 2.41. The van der Waals surface area contributed by atoms with Crippen LogP contribution in [0.3, 0.4) is 0 Å². The summed E-state index contributed by atoms with van der Waals surface area (Å²) in [5.41, 5.74) is -0.386. The van der Waals surface area contributed by atoms with Crippen LogP contribution >= 0.6 is 0 Å². The Morgan fingerprint density at radius 3 is 2.32 bits per heavy atom. The van der Waals surface area contributed by atoms with Gasteiger partial charge in [-0.2, -0.15) is 8.78 Å². The van der Waals surface area contributed by atoms with Crippen LogP contribution in [0.1, 0.15) is 38.5 Å². The van der Waals surface area contributed by atoms with Gasteiger partial charge in [0, 0.05) is 12.0 Å². The summed E-state index contributed by atoms with van der Waals surface area (Å²) in [6.45, 7) is -1.32. The molecule has 0 aromatic carbocycles. The zero-order valence-electron chi connectivity index (χ0n) is 10.9. The number of amides is 1. The average molecular weight is 284 g/mol. The predicted octanol–water partition coefficient (Wildman–Crippen LogP) is 2.32. The number of alkyl halides is 4. The number of halogens is 4. The molecule has 0 unspecified atom stereocenters. The maximum atomic E-state index is 12.7. The molecule has 0 bridgehead atoms.